The summed E-state index contributed by atoms with van der Waals surface area (Å²) in [5.74, 6) is 0.727. The quantitative estimate of drug-likeness (QED) is 0.474. The molecule has 0 aliphatic heterocycles. The standard InChI is InChI=1S/C11H24O2Si/c1-6-11(12-7-2)13-14(8-3,9-4)10-5/h6H,7-10H2,1-5H3. The largest absolute Gasteiger partial charge is 0.519 e. The van der Waals surface area contributed by atoms with Crippen molar-refractivity contribution < 1.29 is 9.16 Å². The predicted molar refractivity (Wildman–Crippen MR) is 63.7 cm³/mol. The van der Waals surface area contributed by atoms with Crippen LogP contribution in [0.2, 0.25) is 18.1 Å². The maximum Gasteiger partial charge on any atom is 0.260 e. The fourth-order valence-corrected chi connectivity index (χ4v) is 4.03. The van der Waals surface area contributed by atoms with Crippen molar-refractivity contribution in [3.63, 3.8) is 0 Å². The minimum absolute atomic E-state index is 0.682. The van der Waals surface area contributed by atoms with Gasteiger partial charge in [0.05, 0.1) is 6.61 Å². The second kappa shape index (κ2) is 6.93. The molecule has 3 heteroatoms. The highest BCUT2D eigenvalue weighted by molar-refractivity contribution is 6.73. The van der Waals surface area contributed by atoms with Crippen LogP contribution in [0.3, 0.4) is 0 Å². The molecular formula is C11H24O2Si. The molecular weight excluding hydrogens is 192 g/mol. The number of rotatable bonds is 7. The van der Waals surface area contributed by atoms with Gasteiger partial charge in [-0.25, -0.2) is 0 Å². The molecule has 0 aromatic carbocycles. The monoisotopic (exact) mass is 216 g/mol. The molecule has 0 spiro atoms. The summed E-state index contributed by atoms with van der Waals surface area (Å²) in [5, 5.41) is 0. The van der Waals surface area contributed by atoms with Gasteiger partial charge in [0.1, 0.15) is 0 Å². The third kappa shape index (κ3) is 3.74. The van der Waals surface area contributed by atoms with Gasteiger partial charge in [-0.1, -0.05) is 20.8 Å². The molecule has 0 bridgehead atoms. The topological polar surface area (TPSA) is 18.5 Å². The van der Waals surface area contributed by atoms with Crippen molar-refractivity contribution in [2.75, 3.05) is 6.61 Å². The molecule has 0 unspecified atom stereocenters. The van der Waals surface area contributed by atoms with Crippen molar-refractivity contribution in [1.29, 1.82) is 0 Å². The molecule has 0 atom stereocenters. The second-order valence-electron chi connectivity index (χ2n) is 3.39. The van der Waals surface area contributed by atoms with Gasteiger partial charge >= 0.3 is 0 Å². The summed E-state index contributed by atoms with van der Waals surface area (Å²) in [5.41, 5.74) is 0. The lowest BCUT2D eigenvalue weighted by atomic mass is 10.7. The van der Waals surface area contributed by atoms with Gasteiger partial charge in [0.15, 0.2) is 0 Å². The molecule has 0 radical (unpaired) electrons. The first-order chi connectivity index (χ1) is 6.67. The Morgan fingerprint density at radius 1 is 1.07 bits per heavy atom. The van der Waals surface area contributed by atoms with E-state index in [4.69, 9.17) is 9.16 Å². The number of hydrogen-bond acceptors (Lipinski definition) is 2. The Morgan fingerprint density at radius 3 is 1.86 bits per heavy atom. The lowest BCUT2D eigenvalue weighted by Gasteiger charge is -2.29. The summed E-state index contributed by atoms with van der Waals surface area (Å²) in [7, 11) is -1.53. The van der Waals surface area contributed by atoms with E-state index in [1.807, 2.05) is 19.9 Å². The summed E-state index contributed by atoms with van der Waals surface area (Å²) in [4.78, 5) is 0. The highest BCUT2D eigenvalue weighted by atomic mass is 28.4. The fraction of sp³-hybridized carbons (Fsp3) is 0.818. The minimum atomic E-state index is -1.53. The van der Waals surface area contributed by atoms with Gasteiger partial charge in [0.25, 0.3) is 14.3 Å². The molecule has 14 heavy (non-hydrogen) atoms. The van der Waals surface area contributed by atoms with Crippen LogP contribution in [0.5, 0.6) is 0 Å². The SMILES string of the molecule is CC=C(OCC)O[Si](CC)(CC)CC. The van der Waals surface area contributed by atoms with Crippen molar-refractivity contribution in [2.24, 2.45) is 0 Å². The predicted octanol–water partition coefficient (Wildman–Crippen LogP) is 3.91. The third-order valence-electron chi connectivity index (χ3n) is 2.77. The van der Waals surface area contributed by atoms with Crippen molar-refractivity contribution in [3.8, 4) is 0 Å². The van der Waals surface area contributed by atoms with Crippen LogP contribution in [0.25, 0.3) is 0 Å². The fourth-order valence-electron chi connectivity index (χ4n) is 1.49. The smallest absolute Gasteiger partial charge is 0.260 e. The summed E-state index contributed by atoms with van der Waals surface area (Å²) in [6.07, 6.45) is 1.92. The molecule has 84 valence electrons. The first-order valence-corrected chi connectivity index (χ1v) is 8.19. The van der Waals surface area contributed by atoms with Crippen molar-refractivity contribution in [3.05, 3.63) is 12.0 Å². The van der Waals surface area contributed by atoms with Crippen LogP contribution >= 0.6 is 0 Å². The Labute approximate surface area is 89.4 Å². The van der Waals surface area contributed by atoms with Gasteiger partial charge in [-0.15, -0.1) is 0 Å². The maximum atomic E-state index is 6.05. The van der Waals surface area contributed by atoms with E-state index >= 15 is 0 Å². The Hall–Kier alpha value is -0.443. The van der Waals surface area contributed by atoms with Gasteiger partial charge in [0, 0.05) is 0 Å². The molecule has 0 heterocycles. The summed E-state index contributed by atoms with van der Waals surface area (Å²) in [6, 6.07) is 3.47. The van der Waals surface area contributed by atoms with Gasteiger partial charge in [-0.05, 0) is 38.1 Å². The van der Waals surface area contributed by atoms with Crippen LogP contribution in [-0.4, -0.2) is 14.9 Å². The molecule has 0 rings (SSSR count). The van der Waals surface area contributed by atoms with E-state index in [2.05, 4.69) is 20.8 Å². The van der Waals surface area contributed by atoms with Crippen LogP contribution < -0.4 is 0 Å². The van der Waals surface area contributed by atoms with Gasteiger partial charge in [-0.2, -0.15) is 0 Å². The van der Waals surface area contributed by atoms with E-state index in [0.29, 0.717) is 6.61 Å². The molecule has 0 aliphatic carbocycles. The lowest BCUT2D eigenvalue weighted by Crippen LogP contribution is -2.35. The normalized spacial score (nSPS) is 12.8. The first kappa shape index (κ1) is 13.6. The van der Waals surface area contributed by atoms with Crippen molar-refractivity contribution in [2.45, 2.75) is 52.8 Å². The van der Waals surface area contributed by atoms with E-state index in [9.17, 15) is 0 Å². The Balaban J connectivity index is 4.40. The van der Waals surface area contributed by atoms with E-state index in [1.165, 1.54) is 0 Å². The zero-order chi connectivity index (χ0) is 11.0. The molecule has 0 saturated heterocycles. The highest BCUT2D eigenvalue weighted by Crippen LogP contribution is 2.24. The van der Waals surface area contributed by atoms with Crippen LogP contribution in [0, 0.1) is 0 Å². The van der Waals surface area contributed by atoms with Gasteiger partial charge in [0.2, 0.25) is 0 Å². The molecule has 0 aliphatic rings. The average molecular weight is 216 g/mol. The summed E-state index contributed by atoms with van der Waals surface area (Å²) >= 11 is 0. The second-order valence-corrected chi connectivity index (χ2v) is 8.08. The zero-order valence-electron chi connectivity index (χ0n) is 10.2. The zero-order valence-corrected chi connectivity index (χ0v) is 11.2. The highest BCUT2D eigenvalue weighted by Gasteiger charge is 2.31. The van der Waals surface area contributed by atoms with Gasteiger partial charge in [-0.3, -0.25) is 0 Å². The molecule has 0 amide bonds. The molecule has 2 nitrogen and oxygen atoms in total. The van der Waals surface area contributed by atoms with Crippen LogP contribution in [0.15, 0.2) is 12.0 Å². The molecule has 0 N–H and O–H groups in total. The molecule has 0 aromatic heterocycles. The summed E-state index contributed by atoms with van der Waals surface area (Å²) in [6.45, 7) is 11.3. The Kier molecular flexibility index (Phi) is 6.71. The number of ether oxygens (including phenoxy) is 1. The average Bonchev–Trinajstić information content (AvgIpc) is 2.25. The van der Waals surface area contributed by atoms with E-state index in [0.717, 1.165) is 24.1 Å². The van der Waals surface area contributed by atoms with E-state index in [-0.39, 0.29) is 0 Å². The van der Waals surface area contributed by atoms with Crippen molar-refractivity contribution in [1.82, 2.24) is 0 Å². The molecule has 0 aromatic rings. The first-order valence-electron chi connectivity index (χ1n) is 5.66. The minimum Gasteiger partial charge on any atom is -0.519 e. The third-order valence-corrected chi connectivity index (χ3v) is 7.27. The van der Waals surface area contributed by atoms with Crippen LogP contribution in [0.1, 0.15) is 34.6 Å². The summed E-state index contributed by atoms with van der Waals surface area (Å²) < 4.78 is 11.5. The number of hydrogen-bond donors (Lipinski definition) is 0. The van der Waals surface area contributed by atoms with Crippen molar-refractivity contribution >= 4 is 8.32 Å². The van der Waals surface area contributed by atoms with E-state index in [1.54, 1.807) is 0 Å². The lowest BCUT2D eigenvalue weighted by molar-refractivity contribution is 0.109. The van der Waals surface area contributed by atoms with Gasteiger partial charge < -0.3 is 9.16 Å². The van der Waals surface area contributed by atoms with E-state index < -0.39 is 8.32 Å². The number of allylic oxidation sites excluding steroid dienone is 1. The molecule has 0 saturated carbocycles. The Bertz CT molecular complexity index is 166. The Morgan fingerprint density at radius 2 is 1.57 bits per heavy atom. The molecule has 0 fully saturated rings. The van der Waals surface area contributed by atoms with Crippen LogP contribution in [0.4, 0.5) is 0 Å². The maximum absolute atomic E-state index is 6.05. The van der Waals surface area contributed by atoms with Crippen LogP contribution in [-0.2, 0) is 9.16 Å².